The van der Waals surface area contributed by atoms with Gasteiger partial charge in [0.25, 0.3) is 0 Å². The zero-order chi connectivity index (χ0) is 24.5. The van der Waals surface area contributed by atoms with Crippen LogP contribution in [-0.4, -0.2) is 34.6 Å². The lowest BCUT2D eigenvalue weighted by Gasteiger charge is -2.32. The Labute approximate surface area is 215 Å². The molecule has 0 fully saturated rings. The third-order valence-corrected chi connectivity index (χ3v) is 6.90. The van der Waals surface area contributed by atoms with Gasteiger partial charge in [-0.3, -0.25) is 9.59 Å². The molecule has 0 heterocycles. The van der Waals surface area contributed by atoms with Crippen molar-refractivity contribution >= 4 is 46.8 Å². The number of carbonyl (C=O) groups excluding carboxylic acids is 2. The molecular weight excluding hydrogens is 487 g/mol. The van der Waals surface area contributed by atoms with E-state index in [-0.39, 0.29) is 30.2 Å². The average Bonchev–Trinajstić information content (AvgIpc) is 2.82. The topological polar surface area (TPSA) is 49.4 Å². The predicted molar refractivity (Wildman–Crippen MR) is 141 cm³/mol. The van der Waals surface area contributed by atoms with Crippen LogP contribution in [0.25, 0.3) is 0 Å². The molecular formula is C27H28Cl2N2O2S. The summed E-state index contributed by atoms with van der Waals surface area (Å²) < 4.78 is 0. The Morgan fingerprint density at radius 1 is 0.882 bits per heavy atom. The number of nitrogens with one attached hydrogen (secondary N) is 1. The van der Waals surface area contributed by atoms with Crippen LogP contribution in [0.2, 0.25) is 10.0 Å². The van der Waals surface area contributed by atoms with Crippen molar-refractivity contribution in [3.63, 3.8) is 0 Å². The van der Waals surface area contributed by atoms with Gasteiger partial charge >= 0.3 is 0 Å². The number of thioether (sulfide) groups is 1. The van der Waals surface area contributed by atoms with E-state index in [4.69, 9.17) is 23.2 Å². The van der Waals surface area contributed by atoms with Gasteiger partial charge in [-0.2, -0.15) is 0 Å². The number of amides is 2. The summed E-state index contributed by atoms with van der Waals surface area (Å²) in [6.45, 7) is 3.94. The van der Waals surface area contributed by atoms with Crippen LogP contribution in [0.5, 0.6) is 0 Å². The highest BCUT2D eigenvalue weighted by molar-refractivity contribution is 8.00. The van der Waals surface area contributed by atoms with Crippen molar-refractivity contribution in [2.75, 3.05) is 5.75 Å². The summed E-state index contributed by atoms with van der Waals surface area (Å²) in [6.07, 6.45) is 0.378. The molecule has 0 saturated carbocycles. The summed E-state index contributed by atoms with van der Waals surface area (Å²) in [5, 5.41) is 3.91. The third-order valence-electron chi connectivity index (χ3n) is 5.20. The Hall–Kier alpha value is -2.47. The number of hydrogen-bond acceptors (Lipinski definition) is 3. The second kappa shape index (κ2) is 12.8. The molecule has 3 aromatic carbocycles. The molecule has 0 radical (unpaired) electrons. The maximum atomic E-state index is 13.6. The van der Waals surface area contributed by atoms with Crippen LogP contribution in [0.1, 0.15) is 25.0 Å². The Kier molecular flexibility index (Phi) is 9.87. The molecule has 0 aliphatic rings. The largest absolute Gasteiger partial charge is 0.352 e. The molecule has 1 atom stereocenters. The Bertz CT molecular complexity index is 1070. The Balaban J connectivity index is 1.95. The number of carbonyl (C=O) groups is 2. The monoisotopic (exact) mass is 514 g/mol. The van der Waals surface area contributed by atoms with Gasteiger partial charge in [0.1, 0.15) is 6.04 Å². The smallest absolute Gasteiger partial charge is 0.243 e. The fourth-order valence-corrected chi connectivity index (χ4v) is 4.86. The minimum atomic E-state index is -0.721. The van der Waals surface area contributed by atoms with Gasteiger partial charge in [-0.25, -0.2) is 0 Å². The van der Waals surface area contributed by atoms with Gasteiger partial charge in [0.15, 0.2) is 0 Å². The minimum absolute atomic E-state index is 0.0645. The fraction of sp³-hybridized carbons (Fsp3) is 0.259. The number of halogens is 2. The number of rotatable bonds is 10. The van der Waals surface area contributed by atoms with E-state index >= 15 is 0 Å². The molecule has 0 unspecified atom stereocenters. The molecule has 0 aliphatic carbocycles. The van der Waals surface area contributed by atoms with Crippen LogP contribution in [0.4, 0.5) is 0 Å². The van der Waals surface area contributed by atoms with E-state index in [0.29, 0.717) is 22.0 Å². The molecule has 3 rings (SSSR count). The maximum absolute atomic E-state index is 13.6. The third kappa shape index (κ3) is 7.52. The van der Waals surface area contributed by atoms with Crippen molar-refractivity contribution in [1.82, 2.24) is 10.2 Å². The van der Waals surface area contributed by atoms with Crippen LogP contribution in [0.15, 0.2) is 83.8 Å². The first-order valence-electron chi connectivity index (χ1n) is 11.1. The highest BCUT2D eigenvalue weighted by Gasteiger charge is 2.31. The molecule has 0 aromatic heterocycles. The van der Waals surface area contributed by atoms with Crippen molar-refractivity contribution < 1.29 is 9.59 Å². The zero-order valence-electron chi connectivity index (χ0n) is 19.2. The standard InChI is InChI=1S/C27H28Cl2N2O2S/c1-19(2)30-27(33)25(16-20-10-5-3-6-11-20)31(17-22-23(28)14-9-15-24(22)29)26(32)18-34-21-12-7-4-8-13-21/h3-15,19,25H,16-18H2,1-2H3,(H,30,33)/t25-/m1/s1. The molecule has 34 heavy (non-hydrogen) atoms. The summed E-state index contributed by atoms with van der Waals surface area (Å²) in [7, 11) is 0. The fourth-order valence-electron chi connectivity index (χ4n) is 3.53. The maximum Gasteiger partial charge on any atom is 0.243 e. The molecule has 7 heteroatoms. The first-order valence-corrected chi connectivity index (χ1v) is 12.8. The van der Waals surface area contributed by atoms with Crippen molar-refractivity contribution in [3.8, 4) is 0 Å². The van der Waals surface area contributed by atoms with Crippen LogP contribution < -0.4 is 5.32 Å². The number of benzene rings is 3. The van der Waals surface area contributed by atoms with E-state index in [1.807, 2.05) is 74.5 Å². The SMILES string of the molecule is CC(C)NC(=O)[C@@H](Cc1ccccc1)N(Cc1c(Cl)cccc1Cl)C(=O)CSc1ccccc1. The lowest BCUT2D eigenvalue weighted by Crippen LogP contribution is -2.52. The van der Waals surface area contributed by atoms with E-state index in [0.717, 1.165) is 10.5 Å². The minimum Gasteiger partial charge on any atom is -0.352 e. The predicted octanol–water partition coefficient (Wildman–Crippen LogP) is 6.25. The van der Waals surface area contributed by atoms with Gasteiger partial charge in [-0.1, -0.05) is 77.8 Å². The van der Waals surface area contributed by atoms with Crippen LogP contribution in [-0.2, 0) is 22.6 Å². The van der Waals surface area contributed by atoms with Gasteiger partial charge in [-0.05, 0) is 43.7 Å². The molecule has 2 amide bonds. The van der Waals surface area contributed by atoms with Gasteiger partial charge in [0.05, 0.1) is 5.75 Å². The van der Waals surface area contributed by atoms with Crippen molar-refractivity contribution in [1.29, 1.82) is 0 Å². The summed E-state index contributed by atoms with van der Waals surface area (Å²) in [5.41, 5.74) is 1.59. The summed E-state index contributed by atoms with van der Waals surface area (Å²) in [6, 6.07) is 23.9. The average molecular weight is 516 g/mol. The first-order chi connectivity index (χ1) is 16.3. The Morgan fingerprint density at radius 2 is 1.47 bits per heavy atom. The normalized spacial score (nSPS) is 11.8. The highest BCUT2D eigenvalue weighted by atomic mass is 35.5. The Morgan fingerprint density at radius 3 is 2.06 bits per heavy atom. The van der Waals surface area contributed by atoms with E-state index in [1.54, 1.807) is 23.1 Å². The lowest BCUT2D eigenvalue weighted by molar-refractivity contribution is -0.139. The molecule has 0 spiro atoms. The van der Waals surface area contributed by atoms with E-state index in [1.165, 1.54) is 11.8 Å². The van der Waals surface area contributed by atoms with Crippen LogP contribution >= 0.6 is 35.0 Å². The first kappa shape index (κ1) is 26.1. The van der Waals surface area contributed by atoms with Gasteiger partial charge in [0, 0.05) is 39.5 Å². The molecule has 0 aliphatic heterocycles. The molecule has 3 aromatic rings. The lowest BCUT2D eigenvalue weighted by atomic mass is 10.0. The van der Waals surface area contributed by atoms with Crippen molar-refractivity contribution in [2.45, 2.75) is 43.8 Å². The van der Waals surface area contributed by atoms with Crippen LogP contribution in [0, 0.1) is 0 Å². The molecule has 4 nitrogen and oxygen atoms in total. The zero-order valence-corrected chi connectivity index (χ0v) is 21.5. The quantitative estimate of drug-likeness (QED) is 0.325. The van der Waals surface area contributed by atoms with E-state index in [9.17, 15) is 9.59 Å². The van der Waals surface area contributed by atoms with Crippen LogP contribution in [0.3, 0.4) is 0 Å². The second-order valence-corrected chi connectivity index (χ2v) is 10.1. The van der Waals surface area contributed by atoms with Crippen molar-refractivity contribution in [2.24, 2.45) is 0 Å². The van der Waals surface area contributed by atoms with Gasteiger partial charge in [-0.15, -0.1) is 11.8 Å². The summed E-state index contributed by atoms with van der Waals surface area (Å²) >= 11 is 14.3. The van der Waals surface area contributed by atoms with E-state index < -0.39 is 6.04 Å². The second-order valence-electron chi connectivity index (χ2n) is 8.19. The summed E-state index contributed by atoms with van der Waals surface area (Å²) in [4.78, 5) is 29.6. The highest BCUT2D eigenvalue weighted by Crippen LogP contribution is 2.28. The molecule has 1 N–H and O–H groups in total. The van der Waals surface area contributed by atoms with Crippen molar-refractivity contribution in [3.05, 3.63) is 100 Å². The van der Waals surface area contributed by atoms with Gasteiger partial charge in [0.2, 0.25) is 11.8 Å². The molecule has 0 bridgehead atoms. The molecule has 0 saturated heterocycles. The number of nitrogens with zero attached hydrogens (tertiary/aromatic N) is 1. The van der Waals surface area contributed by atoms with E-state index in [2.05, 4.69) is 5.32 Å². The summed E-state index contributed by atoms with van der Waals surface area (Å²) in [5.74, 6) is -0.184. The van der Waals surface area contributed by atoms with Gasteiger partial charge < -0.3 is 10.2 Å². The number of hydrogen-bond donors (Lipinski definition) is 1. The molecule has 178 valence electrons.